The Morgan fingerprint density at radius 1 is 0.938 bits per heavy atom. The number of anilines is 1. The Balaban J connectivity index is 1.38. The van der Waals surface area contributed by atoms with Crippen LogP contribution in [0.15, 0.2) is 83.3 Å². The second-order valence-electron chi connectivity index (χ2n) is 7.81. The van der Waals surface area contributed by atoms with Crippen LogP contribution in [-0.2, 0) is 0 Å². The predicted molar refractivity (Wildman–Crippen MR) is 127 cm³/mol. The molecule has 0 bridgehead atoms. The molecule has 1 aromatic heterocycles. The molecule has 0 fully saturated rings. The molecular formula is C26H26N4O2. The number of nitrogens with zero attached hydrogens (tertiary/aromatic N) is 3. The molecule has 1 N–H and O–H groups in total. The Hall–Kier alpha value is -3.93. The van der Waals surface area contributed by atoms with E-state index in [0.717, 1.165) is 22.4 Å². The molecule has 32 heavy (non-hydrogen) atoms. The van der Waals surface area contributed by atoms with E-state index < -0.39 is 0 Å². The van der Waals surface area contributed by atoms with Crippen LogP contribution in [0.1, 0.15) is 22.8 Å². The topological polar surface area (TPSA) is 71.3 Å². The largest absolute Gasteiger partial charge is 0.416 e. The minimum atomic E-state index is -0.115. The maximum Gasteiger partial charge on any atom is 0.251 e. The van der Waals surface area contributed by atoms with Crippen LogP contribution in [0.2, 0.25) is 0 Å². The number of aromatic nitrogens is 2. The third-order valence-corrected chi connectivity index (χ3v) is 5.58. The molecular weight excluding hydrogens is 400 g/mol. The van der Waals surface area contributed by atoms with Gasteiger partial charge in [-0.05, 0) is 61.9 Å². The van der Waals surface area contributed by atoms with Crippen molar-refractivity contribution in [3.8, 4) is 22.9 Å². The third-order valence-electron chi connectivity index (χ3n) is 5.58. The highest BCUT2D eigenvalue weighted by molar-refractivity contribution is 5.94. The van der Waals surface area contributed by atoms with Gasteiger partial charge in [0.15, 0.2) is 0 Å². The molecule has 0 radical (unpaired) electrons. The first kappa shape index (κ1) is 21.3. The Bertz CT molecular complexity index is 1190. The zero-order valence-electron chi connectivity index (χ0n) is 18.4. The Morgan fingerprint density at radius 2 is 1.59 bits per heavy atom. The number of rotatable bonds is 7. The molecule has 1 unspecified atom stereocenters. The molecule has 4 aromatic rings. The van der Waals surface area contributed by atoms with E-state index in [4.69, 9.17) is 4.42 Å². The summed E-state index contributed by atoms with van der Waals surface area (Å²) >= 11 is 0. The molecule has 1 atom stereocenters. The first-order chi connectivity index (χ1) is 15.5. The minimum absolute atomic E-state index is 0.115. The van der Waals surface area contributed by atoms with Gasteiger partial charge in [-0.25, -0.2) is 0 Å². The van der Waals surface area contributed by atoms with Crippen molar-refractivity contribution >= 4 is 11.6 Å². The van der Waals surface area contributed by atoms with E-state index in [-0.39, 0.29) is 11.9 Å². The molecule has 162 valence electrons. The average Bonchev–Trinajstić information content (AvgIpc) is 3.33. The van der Waals surface area contributed by atoms with Crippen molar-refractivity contribution in [1.82, 2.24) is 15.5 Å². The van der Waals surface area contributed by atoms with E-state index in [0.29, 0.717) is 23.9 Å². The van der Waals surface area contributed by atoms with Crippen molar-refractivity contribution in [3.63, 3.8) is 0 Å². The highest BCUT2D eigenvalue weighted by Crippen LogP contribution is 2.26. The van der Waals surface area contributed by atoms with E-state index in [1.165, 1.54) is 0 Å². The lowest BCUT2D eigenvalue weighted by Crippen LogP contribution is -2.40. The summed E-state index contributed by atoms with van der Waals surface area (Å²) in [4.78, 5) is 14.7. The van der Waals surface area contributed by atoms with E-state index in [9.17, 15) is 4.79 Å². The van der Waals surface area contributed by atoms with Gasteiger partial charge in [-0.2, -0.15) is 0 Å². The number of hydrogen-bond donors (Lipinski definition) is 1. The molecule has 6 heteroatoms. The molecule has 0 spiro atoms. The first-order valence-corrected chi connectivity index (χ1v) is 10.6. The standard InChI is InChI=1S/C26H26N4O2/c1-18-9-7-8-12-23(18)26-29-28-25(32-26)21-15-13-20(14-16-21)24(31)27-17-19(2)30(3)22-10-5-4-6-11-22/h4-16,19H,17H2,1-3H3,(H,27,31). The summed E-state index contributed by atoms with van der Waals surface area (Å²) in [5.74, 6) is 0.792. The Morgan fingerprint density at radius 3 is 2.31 bits per heavy atom. The van der Waals surface area contributed by atoms with Gasteiger partial charge in [0, 0.05) is 42.0 Å². The zero-order chi connectivity index (χ0) is 22.5. The fourth-order valence-corrected chi connectivity index (χ4v) is 3.42. The van der Waals surface area contributed by atoms with Crippen molar-refractivity contribution in [3.05, 3.63) is 90.0 Å². The first-order valence-electron chi connectivity index (χ1n) is 10.6. The van der Waals surface area contributed by atoms with Gasteiger partial charge in [0.1, 0.15) is 0 Å². The van der Waals surface area contributed by atoms with E-state index in [1.54, 1.807) is 12.1 Å². The second-order valence-corrected chi connectivity index (χ2v) is 7.81. The van der Waals surface area contributed by atoms with E-state index >= 15 is 0 Å². The van der Waals surface area contributed by atoms with Crippen LogP contribution >= 0.6 is 0 Å². The summed E-state index contributed by atoms with van der Waals surface area (Å²) in [6, 6.07) is 25.3. The van der Waals surface area contributed by atoms with Crippen molar-refractivity contribution in [2.24, 2.45) is 0 Å². The van der Waals surface area contributed by atoms with Gasteiger partial charge in [0.25, 0.3) is 5.91 Å². The molecule has 0 aliphatic heterocycles. The van der Waals surface area contributed by atoms with Crippen LogP contribution in [-0.4, -0.2) is 35.7 Å². The van der Waals surface area contributed by atoms with Gasteiger partial charge in [-0.15, -0.1) is 10.2 Å². The molecule has 0 aliphatic rings. The molecule has 3 aromatic carbocycles. The van der Waals surface area contributed by atoms with Gasteiger partial charge < -0.3 is 14.6 Å². The molecule has 1 heterocycles. The maximum absolute atomic E-state index is 12.6. The van der Waals surface area contributed by atoms with Gasteiger partial charge in [-0.1, -0.05) is 36.4 Å². The van der Waals surface area contributed by atoms with Crippen molar-refractivity contribution in [1.29, 1.82) is 0 Å². The highest BCUT2D eigenvalue weighted by atomic mass is 16.4. The van der Waals surface area contributed by atoms with Gasteiger partial charge in [0.2, 0.25) is 11.8 Å². The summed E-state index contributed by atoms with van der Waals surface area (Å²) in [6.07, 6.45) is 0. The maximum atomic E-state index is 12.6. The van der Waals surface area contributed by atoms with Crippen molar-refractivity contribution in [2.75, 3.05) is 18.5 Å². The number of likely N-dealkylation sites (N-methyl/N-ethyl adjacent to an activating group) is 1. The lowest BCUT2D eigenvalue weighted by Gasteiger charge is -2.27. The monoisotopic (exact) mass is 426 g/mol. The summed E-state index contributed by atoms with van der Waals surface area (Å²) in [5.41, 5.74) is 4.45. The van der Waals surface area contributed by atoms with Gasteiger partial charge >= 0.3 is 0 Å². The van der Waals surface area contributed by atoms with Crippen LogP contribution in [0.5, 0.6) is 0 Å². The zero-order valence-corrected chi connectivity index (χ0v) is 18.4. The summed E-state index contributed by atoms with van der Waals surface area (Å²) in [7, 11) is 2.02. The van der Waals surface area contributed by atoms with Crippen LogP contribution in [0.4, 0.5) is 5.69 Å². The number of carbonyl (C=O) groups is 1. The smallest absolute Gasteiger partial charge is 0.251 e. The lowest BCUT2D eigenvalue weighted by atomic mass is 10.1. The van der Waals surface area contributed by atoms with Crippen molar-refractivity contribution in [2.45, 2.75) is 19.9 Å². The summed E-state index contributed by atoms with van der Waals surface area (Å²) in [5, 5.41) is 11.3. The van der Waals surface area contributed by atoms with Crippen molar-refractivity contribution < 1.29 is 9.21 Å². The number of amides is 1. The van der Waals surface area contributed by atoms with Crippen LogP contribution in [0.3, 0.4) is 0 Å². The SMILES string of the molecule is Cc1ccccc1-c1nnc(-c2ccc(C(=O)NCC(C)N(C)c3ccccc3)cc2)o1. The van der Waals surface area contributed by atoms with E-state index in [2.05, 4.69) is 39.5 Å². The number of nitrogens with one attached hydrogen (secondary N) is 1. The predicted octanol–water partition coefficient (Wildman–Crippen LogP) is 4.97. The Kier molecular flexibility index (Phi) is 6.31. The minimum Gasteiger partial charge on any atom is -0.416 e. The fourth-order valence-electron chi connectivity index (χ4n) is 3.42. The van der Waals surface area contributed by atoms with Crippen LogP contribution in [0, 0.1) is 6.92 Å². The highest BCUT2D eigenvalue weighted by Gasteiger charge is 2.15. The third kappa shape index (κ3) is 4.70. The molecule has 4 rings (SSSR count). The number of hydrogen-bond acceptors (Lipinski definition) is 5. The number of benzene rings is 3. The molecule has 0 saturated carbocycles. The fraction of sp³-hybridized carbons (Fsp3) is 0.192. The molecule has 1 amide bonds. The van der Waals surface area contributed by atoms with E-state index in [1.807, 2.05) is 68.6 Å². The number of carbonyl (C=O) groups excluding carboxylic acids is 1. The quantitative estimate of drug-likeness (QED) is 0.452. The molecule has 0 saturated heterocycles. The molecule has 0 aliphatic carbocycles. The van der Waals surface area contributed by atoms with Gasteiger partial charge in [-0.3, -0.25) is 4.79 Å². The second kappa shape index (κ2) is 9.47. The summed E-state index contributed by atoms with van der Waals surface area (Å²) < 4.78 is 5.86. The van der Waals surface area contributed by atoms with Gasteiger partial charge in [0.05, 0.1) is 0 Å². The average molecular weight is 427 g/mol. The van der Waals surface area contributed by atoms with Crippen LogP contribution < -0.4 is 10.2 Å². The number of para-hydroxylation sites is 1. The summed E-state index contributed by atoms with van der Waals surface area (Å²) in [6.45, 7) is 4.62. The molecule has 6 nitrogen and oxygen atoms in total. The number of aryl methyl sites for hydroxylation is 1. The normalized spacial score (nSPS) is 11.7. The Labute approximate surface area is 187 Å². The lowest BCUT2D eigenvalue weighted by molar-refractivity contribution is 0.0951. The van der Waals surface area contributed by atoms with Crippen LogP contribution in [0.25, 0.3) is 22.9 Å².